The Morgan fingerprint density at radius 3 is 2.59 bits per heavy atom. The Labute approximate surface area is 99.8 Å². The maximum atomic E-state index is 11.2. The molecule has 0 aliphatic rings. The van der Waals surface area contributed by atoms with Gasteiger partial charge in [-0.3, -0.25) is 4.98 Å². The number of pyridine rings is 1. The molecule has 2 aromatic rings. The molecule has 17 heavy (non-hydrogen) atoms. The Hall–Kier alpha value is -2.16. The number of hydrogen-bond acceptors (Lipinski definition) is 2. The van der Waals surface area contributed by atoms with Gasteiger partial charge in [0.2, 0.25) is 0 Å². The molecule has 0 atom stereocenters. The number of hydrogen-bond donors (Lipinski definition) is 1. The normalized spacial score (nSPS) is 10.2. The summed E-state index contributed by atoms with van der Waals surface area (Å²) in [6.45, 7) is 3.88. The van der Waals surface area contributed by atoms with Crippen LogP contribution in [0.4, 0.5) is 0 Å². The second-order valence-electron chi connectivity index (χ2n) is 4.04. The first-order valence-electron chi connectivity index (χ1n) is 5.34. The van der Waals surface area contributed by atoms with Crippen LogP contribution in [-0.2, 0) is 0 Å². The molecule has 3 heteroatoms. The van der Waals surface area contributed by atoms with E-state index < -0.39 is 5.97 Å². The van der Waals surface area contributed by atoms with Crippen molar-refractivity contribution in [2.24, 2.45) is 0 Å². The molecule has 2 rings (SSSR count). The molecule has 1 heterocycles. The SMILES string of the molecule is Cc1ccc(C(=O)O)c(-c2ccncc2C)c1. The van der Waals surface area contributed by atoms with Crippen molar-refractivity contribution in [2.45, 2.75) is 13.8 Å². The van der Waals surface area contributed by atoms with E-state index in [4.69, 9.17) is 0 Å². The number of aryl methyl sites for hydroxylation is 2. The predicted molar refractivity (Wildman–Crippen MR) is 66.1 cm³/mol. The van der Waals surface area contributed by atoms with E-state index >= 15 is 0 Å². The van der Waals surface area contributed by atoms with Crippen LogP contribution < -0.4 is 0 Å². The number of rotatable bonds is 2. The third-order valence-corrected chi connectivity index (χ3v) is 2.72. The summed E-state index contributed by atoms with van der Waals surface area (Å²) in [5.74, 6) is -0.906. The van der Waals surface area contributed by atoms with Gasteiger partial charge in [-0.2, -0.15) is 0 Å². The van der Waals surface area contributed by atoms with Gasteiger partial charge < -0.3 is 5.11 Å². The molecule has 0 aliphatic heterocycles. The van der Waals surface area contributed by atoms with Crippen molar-refractivity contribution in [1.82, 2.24) is 4.98 Å². The van der Waals surface area contributed by atoms with E-state index in [1.165, 1.54) is 0 Å². The van der Waals surface area contributed by atoms with E-state index in [2.05, 4.69) is 4.98 Å². The molecule has 1 aromatic carbocycles. The smallest absolute Gasteiger partial charge is 0.336 e. The molecular weight excluding hydrogens is 214 g/mol. The van der Waals surface area contributed by atoms with Gasteiger partial charge in [-0.05, 0) is 42.7 Å². The molecule has 3 nitrogen and oxygen atoms in total. The van der Waals surface area contributed by atoms with Crippen molar-refractivity contribution in [3.63, 3.8) is 0 Å². The monoisotopic (exact) mass is 227 g/mol. The first-order chi connectivity index (χ1) is 8.09. The van der Waals surface area contributed by atoms with E-state index in [1.807, 2.05) is 32.0 Å². The quantitative estimate of drug-likeness (QED) is 0.857. The third kappa shape index (κ3) is 2.18. The number of aromatic nitrogens is 1. The fourth-order valence-corrected chi connectivity index (χ4v) is 1.84. The predicted octanol–water partition coefficient (Wildman–Crippen LogP) is 3.06. The first kappa shape index (κ1) is 11.3. The molecule has 0 spiro atoms. The van der Waals surface area contributed by atoms with Gasteiger partial charge in [-0.1, -0.05) is 17.7 Å². The largest absolute Gasteiger partial charge is 0.478 e. The van der Waals surface area contributed by atoms with E-state index in [0.29, 0.717) is 5.56 Å². The lowest BCUT2D eigenvalue weighted by molar-refractivity contribution is 0.0698. The number of aromatic carboxylic acids is 1. The zero-order chi connectivity index (χ0) is 12.4. The lowest BCUT2D eigenvalue weighted by Crippen LogP contribution is -2.00. The number of carboxylic acid groups (broad SMARTS) is 1. The zero-order valence-electron chi connectivity index (χ0n) is 9.77. The van der Waals surface area contributed by atoms with Crippen LogP contribution in [-0.4, -0.2) is 16.1 Å². The van der Waals surface area contributed by atoms with Gasteiger partial charge in [-0.15, -0.1) is 0 Å². The van der Waals surface area contributed by atoms with Crippen molar-refractivity contribution >= 4 is 5.97 Å². The lowest BCUT2D eigenvalue weighted by atomic mass is 9.96. The lowest BCUT2D eigenvalue weighted by Gasteiger charge is -2.09. The molecule has 1 N–H and O–H groups in total. The molecule has 86 valence electrons. The Morgan fingerprint density at radius 2 is 1.94 bits per heavy atom. The van der Waals surface area contributed by atoms with Gasteiger partial charge in [0.15, 0.2) is 0 Å². The van der Waals surface area contributed by atoms with Gasteiger partial charge in [0.05, 0.1) is 5.56 Å². The molecule has 0 saturated carbocycles. The van der Waals surface area contributed by atoms with Gasteiger partial charge in [0.25, 0.3) is 0 Å². The molecule has 0 unspecified atom stereocenters. The Morgan fingerprint density at radius 1 is 1.18 bits per heavy atom. The van der Waals surface area contributed by atoms with Gasteiger partial charge >= 0.3 is 5.97 Å². The average Bonchev–Trinajstić information content (AvgIpc) is 2.29. The standard InChI is InChI=1S/C14H13NO2/c1-9-3-4-12(14(16)17)13(7-9)11-5-6-15-8-10(11)2/h3-8H,1-2H3,(H,16,17). The van der Waals surface area contributed by atoms with E-state index in [1.54, 1.807) is 18.5 Å². The minimum absolute atomic E-state index is 0.324. The Balaban J connectivity index is 2.70. The van der Waals surface area contributed by atoms with Crippen molar-refractivity contribution < 1.29 is 9.90 Å². The van der Waals surface area contributed by atoms with Gasteiger partial charge in [0, 0.05) is 12.4 Å². The van der Waals surface area contributed by atoms with Crippen LogP contribution in [0.3, 0.4) is 0 Å². The number of carboxylic acids is 1. The highest BCUT2D eigenvalue weighted by Crippen LogP contribution is 2.27. The molecule has 0 fully saturated rings. The summed E-state index contributed by atoms with van der Waals surface area (Å²) in [5, 5.41) is 9.19. The summed E-state index contributed by atoms with van der Waals surface area (Å²) in [6.07, 6.45) is 3.42. The number of nitrogens with zero attached hydrogens (tertiary/aromatic N) is 1. The Bertz CT molecular complexity index is 576. The van der Waals surface area contributed by atoms with Crippen LogP contribution in [0.1, 0.15) is 21.5 Å². The van der Waals surface area contributed by atoms with Crippen molar-refractivity contribution in [1.29, 1.82) is 0 Å². The minimum atomic E-state index is -0.906. The third-order valence-electron chi connectivity index (χ3n) is 2.72. The van der Waals surface area contributed by atoms with Gasteiger partial charge in [-0.25, -0.2) is 4.79 Å². The maximum Gasteiger partial charge on any atom is 0.336 e. The van der Waals surface area contributed by atoms with Crippen LogP contribution in [0.25, 0.3) is 11.1 Å². The molecule has 0 radical (unpaired) electrons. The molecule has 0 saturated heterocycles. The first-order valence-corrected chi connectivity index (χ1v) is 5.34. The van der Waals surface area contributed by atoms with E-state index in [-0.39, 0.29) is 0 Å². The average molecular weight is 227 g/mol. The van der Waals surface area contributed by atoms with Crippen LogP contribution >= 0.6 is 0 Å². The highest BCUT2D eigenvalue weighted by Gasteiger charge is 2.13. The second-order valence-corrected chi connectivity index (χ2v) is 4.04. The van der Waals surface area contributed by atoms with Crippen LogP contribution in [0.5, 0.6) is 0 Å². The summed E-state index contributed by atoms with van der Waals surface area (Å²) in [4.78, 5) is 15.2. The summed E-state index contributed by atoms with van der Waals surface area (Å²) < 4.78 is 0. The fourth-order valence-electron chi connectivity index (χ4n) is 1.84. The molecule has 0 bridgehead atoms. The molecule has 0 aliphatic carbocycles. The van der Waals surface area contributed by atoms with Crippen LogP contribution in [0, 0.1) is 13.8 Å². The molecule has 0 amide bonds. The van der Waals surface area contributed by atoms with Crippen LogP contribution in [0.15, 0.2) is 36.7 Å². The summed E-state index contributed by atoms with van der Waals surface area (Å²) in [5.41, 5.74) is 4.00. The van der Waals surface area contributed by atoms with Crippen molar-refractivity contribution in [3.05, 3.63) is 53.3 Å². The van der Waals surface area contributed by atoms with Crippen molar-refractivity contribution in [2.75, 3.05) is 0 Å². The Kier molecular flexibility index (Phi) is 2.91. The molecular formula is C14H13NO2. The number of benzene rings is 1. The highest BCUT2D eigenvalue weighted by molar-refractivity contribution is 5.96. The summed E-state index contributed by atoms with van der Waals surface area (Å²) >= 11 is 0. The highest BCUT2D eigenvalue weighted by atomic mass is 16.4. The van der Waals surface area contributed by atoms with E-state index in [9.17, 15) is 9.90 Å². The summed E-state index contributed by atoms with van der Waals surface area (Å²) in [7, 11) is 0. The minimum Gasteiger partial charge on any atom is -0.478 e. The van der Waals surface area contributed by atoms with Crippen LogP contribution in [0.2, 0.25) is 0 Å². The maximum absolute atomic E-state index is 11.2. The fraction of sp³-hybridized carbons (Fsp3) is 0.143. The van der Waals surface area contributed by atoms with E-state index in [0.717, 1.165) is 22.3 Å². The topological polar surface area (TPSA) is 50.2 Å². The second kappa shape index (κ2) is 4.37. The van der Waals surface area contributed by atoms with Gasteiger partial charge in [0.1, 0.15) is 0 Å². The molecule has 1 aromatic heterocycles. The number of carbonyl (C=O) groups is 1. The van der Waals surface area contributed by atoms with Crippen molar-refractivity contribution in [3.8, 4) is 11.1 Å². The summed E-state index contributed by atoms with van der Waals surface area (Å²) in [6, 6.07) is 7.19. The zero-order valence-corrected chi connectivity index (χ0v) is 9.77.